The number of aromatic nitrogens is 4. The van der Waals surface area contributed by atoms with Crippen LogP contribution in [-0.4, -0.2) is 33.0 Å². The molecule has 0 atom stereocenters. The van der Waals surface area contributed by atoms with Gasteiger partial charge < -0.3 is 9.42 Å². The molecule has 1 aromatic carbocycles. The monoisotopic (exact) mass is 355 g/mol. The highest BCUT2D eigenvalue weighted by atomic mass is 32.2. The standard InChI is InChI=1S/C18H21N5OS/c1-14-12-15(21-24-14)13-25-18-20-19-17(22-10-6-3-7-11-22)23(18)16-8-4-2-5-9-16/h2,4-5,8-9,12H,3,6-7,10-11,13H2,1H3. The summed E-state index contributed by atoms with van der Waals surface area (Å²) in [6, 6.07) is 12.3. The van der Waals surface area contributed by atoms with E-state index in [2.05, 4.69) is 37.0 Å². The van der Waals surface area contributed by atoms with Gasteiger partial charge in [0.05, 0.1) is 11.4 Å². The molecule has 1 aliphatic heterocycles. The van der Waals surface area contributed by atoms with Crippen LogP contribution < -0.4 is 4.90 Å². The molecule has 0 spiro atoms. The van der Waals surface area contributed by atoms with E-state index in [1.165, 1.54) is 19.3 Å². The lowest BCUT2D eigenvalue weighted by molar-refractivity contribution is 0.393. The molecule has 6 nitrogen and oxygen atoms in total. The van der Waals surface area contributed by atoms with E-state index < -0.39 is 0 Å². The number of aryl methyl sites for hydroxylation is 1. The molecule has 3 aromatic rings. The second-order valence-corrected chi connectivity index (χ2v) is 7.16. The number of rotatable bonds is 5. The predicted octanol–water partition coefficient (Wildman–Crippen LogP) is 3.85. The van der Waals surface area contributed by atoms with Crippen molar-refractivity contribution >= 4 is 17.7 Å². The lowest BCUT2D eigenvalue weighted by Gasteiger charge is -2.27. The van der Waals surface area contributed by atoms with Crippen molar-refractivity contribution in [2.24, 2.45) is 0 Å². The van der Waals surface area contributed by atoms with Gasteiger partial charge in [-0.25, -0.2) is 0 Å². The van der Waals surface area contributed by atoms with E-state index in [4.69, 9.17) is 4.52 Å². The van der Waals surface area contributed by atoms with Gasteiger partial charge in [-0.15, -0.1) is 10.2 Å². The van der Waals surface area contributed by atoms with Crippen LogP contribution in [0.25, 0.3) is 5.69 Å². The van der Waals surface area contributed by atoms with Crippen molar-refractivity contribution in [2.75, 3.05) is 18.0 Å². The quantitative estimate of drug-likeness (QED) is 0.648. The molecular formula is C18H21N5OS. The third-order valence-corrected chi connectivity index (χ3v) is 5.26. The van der Waals surface area contributed by atoms with Crippen LogP contribution in [0.4, 0.5) is 5.95 Å². The van der Waals surface area contributed by atoms with Gasteiger partial charge in [0.1, 0.15) is 5.76 Å². The summed E-state index contributed by atoms with van der Waals surface area (Å²) in [6.07, 6.45) is 3.72. The molecule has 0 bridgehead atoms. The third-order valence-electron chi connectivity index (χ3n) is 4.30. The Morgan fingerprint density at radius 2 is 1.88 bits per heavy atom. The molecule has 4 rings (SSSR count). The van der Waals surface area contributed by atoms with Crippen LogP contribution in [0.15, 0.2) is 46.1 Å². The van der Waals surface area contributed by atoms with Crippen molar-refractivity contribution < 1.29 is 4.52 Å². The number of anilines is 1. The Morgan fingerprint density at radius 1 is 1.08 bits per heavy atom. The molecule has 0 amide bonds. The molecule has 0 radical (unpaired) electrons. The van der Waals surface area contributed by atoms with E-state index in [-0.39, 0.29) is 0 Å². The summed E-state index contributed by atoms with van der Waals surface area (Å²) >= 11 is 1.63. The van der Waals surface area contributed by atoms with E-state index in [1.54, 1.807) is 11.8 Å². The SMILES string of the molecule is Cc1cc(CSc2nnc(N3CCCCC3)n2-c2ccccc2)no1. The van der Waals surface area contributed by atoms with Gasteiger partial charge in [-0.1, -0.05) is 35.1 Å². The minimum atomic E-state index is 0.711. The predicted molar refractivity (Wildman–Crippen MR) is 98.2 cm³/mol. The average molecular weight is 355 g/mol. The molecule has 2 aromatic heterocycles. The van der Waals surface area contributed by atoms with Crippen LogP contribution in [0, 0.1) is 6.92 Å². The number of nitrogens with zero attached hydrogens (tertiary/aromatic N) is 5. The fourth-order valence-electron chi connectivity index (χ4n) is 3.08. The molecule has 7 heteroatoms. The first-order chi connectivity index (χ1) is 12.3. The smallest absolute Gasteiger partial charge is 0.232 e. The number of para-hydroxylation sites is 1. The summed E-state index contributed by atoms with van der Waals surface area (Å²) in [5.74, 6) is 2.47. The number of thioether (sulfide) groups is 1. The van der Waals surface area contributed by atoms with Gasteiger partial charge in [-0.05, 0) is 38.3 Å². The van der Waals surface area contributed by atoms with Crippen molar-refractivity contribution in [3.63, 3.8) is 0 Å². The number of piperidine rings is 1. The second kappa shape index (κ2) is 7.31. The van der Waals surface area contributed by atoms with Crippen LogP contribution in [0.2, 0.25) is 0 Å². The van der Waals surface area contributed by atoms with Gasteiger partial charge >= 0.3 is 0 Å². The van der Waals surface area contributed by atoms with Gasteiger partial charge in [-0.3, -0.25) is 4.57 Å². The first kappa shape index (κ1) is 16.2. The van der Waals surface area contributed by atoms with Gasteiger partial charge in [0.15, 0.2) is 5.16 Å². The van der Waals surface area contributed by atoms with Crippen LogP contribution in [-0.2, 0) is 5.75 Å². The van der Waals surface area contributed by atoms with Crippen LogP contribution in [0.1, 0.15) is 30.7 Å². The highest BCUT2D eigenvalue weighted by Gasteiger charge is 2.21. The Hall–Kier alpha value is -2.28. The molecule has 0 unspecified atom stereocenters. The molecule has 3 heterocycles. The topological polar surface area (TPSA) is 60.0 Å². The highest BCUT2D eigenvalue weighted by Crippen LogP contribution is 2.29. The molecule has 1 fully saturated rings. The van der Waals surface area contributed by atoms with Crippen molar-refractivity contribution in [2.45, 2.75) is 37.1 Å². The summed E-state index contributed by atoms with van der Waals surface area (Å²) in [6.45, 7) is 3.98. The maximum Gasteiger partial charge on any atom is 0.232 e. The Balaban J connectivity index is 1.64. The molecule has 130 valence electrons. The number of hydrogen-bond acceptors (Lipinski definition) is 6. The molecule has 1 saturated heterocycles. The van der Waals surface area contributed by atoms with Crippen LogP contribution >= 0.6 is 11.8 Å². The number of benzene rings is 1. The zero-order chi connectivity index (χ0) is 17.1. The van der Waals surface area contributed by atoms with E-state index in [0.717, 1.165) is 41.3 Å². The van der Waals surface area contributed by atoms with E-state index in [1.807, 2.05) is 31.2 Å². The summed E-state index contributed by atoms with van der Waals surface area (Å²) in [5.41, 5.74) is 2.01. The third kappa shape index (κ3) is 3.56. The Morgan fingerprint density at radius 3 is 2.60 bits per heavy atom. The zero-order valence-corrected chi connectivity index (χ0v) is 15.1. The number of hydrogen-bond donors (Lipinski definition) is 0. The van der Waals surface area contributed by atoms with Gasteiger partial charge in [0, 0.05) is 24.9 Å². The first-order valence-corrected chi connectivity index (χ1v) is 9.60. The van der Waals surface area contributed by atoms with Crippen molar-refractivity contribution in [1.82, 2.24) is 19.9 Å². The van der Waals surface area contributed by atoms with Gasteiger partial charge in [0.2, 0.25) is 5.95 Å². The van der Waals surface area contributed by atoms with Crippen molar-refractivity contribution in [3.8, 4) is 5.69 Å². The molecule has 0 saturated carbocycles. The minimum absolute atomic E-state index is 0.711. The largest absolute Gasteiger partial charge is 0.361 e. The second-order valence-electron chi connectivity index (χ2n) is 6.22. The molecular weight excluding hydrogens is 334 g/mol. The summed E-state index contributed by atoms with van der Waals surface area (Å²) in [5, 5.41) is 13.9. The highest BCUT2D eigenvalue weighted by molar-refractivity contribution is 7.98. The van der Waals surface area contributed by atoms with Crippen LogP contribution in [0.3, 0.4) is 0 Å². The lowest BCUT2D eigenvalue weighted by atomic mass is 10.1. The van der Waals surface area contributed by atoms with Crippen LogP contribution in [0.5, 0.6) is 0 Å². The summed E-state index contributed by atoms with van der Waals surface area (Å²) < 4.78 is 7.31. The fourth-order valence-corrected chi connectivity index (χ4v) is 3.91. The average Bonchev–Trinajstić information content (AvgIpc) is 3.27. The Labute approximate surface area is 151 Å². The Kier molecular flexibility index (Phi) is 4.74. The summed E-state index contributed by atoms with van der Waals surface area (Å²) in [4.78, 5) is 2.34. The van der Waals surface area contributed by atoms with E-state index in [0.29, 0.717) is 5.75 Å². The normalized spacial score (nSPS) is 14.8. The molecule has 0 aliphatic carbocycles. The van der Waals surface area contributed by atoms with Gasteiger partial charge in [-0.2, -0.15) is 0 Å². The molecule has 1 aliphatic rings. The fraction of sp³-hybridized carbons (Fsp3) is 0.389. The van der Waals surface area contributed by atoms with Crippen molar-refractivity contribution in [3.05, 3.63) is 47.9 Å². The first-order valence-electron chi connectivity index (χ1n) is 8.62. The minimum Gasteiger partial charge on any atom is -0.361 e. The van der Waals surface area contributed by atoms with E-state index >= 15 is 0 Å². The maximum absolute atomic E-state index is 5.15. The zero-order valence-electron chi connectivity index (χ0n) is 14.3. The van der Waals surface area contributed by atoms with Gasteiger partial charge in [0.25, 0.3) is 0 Å². The molecule has 25 heavy (non-hydrogen) atoms. The van der Waals surface area contributed by atoms with E-state index in [9.17, 15) is 0 Å². The maximum atomic E-state index is 5.15. The summed E-state index contributed by atoms with van der Waals surface area (Å²) in [7, 11) is 0. The lowest BCUT2D eigenvalue weighted by Crippen LogP contribution is -2.31. The Bertz CT molecular complexity index is 823. The van der Waals surface area contributed by atoms with Crippen molar-refractivity contribution in [1.29, 1.82) is 0 Å². The molecule has 0 N–H and O–H groups in total.